The summed E-state index contributed by atoms with van der Waals surface area (Å²) in [5.74, 6) is -0.851. The predicted octanol–water partition coefficient (Wildman–Crippen LogP) is 1.35. The van der Waals surface area contributed by atoms with E-state index in [1.54, 1.807) is 23.9 Å². The molecule has 0 aliphatic rings. The molecule has 0 unspecified atom stereocenters. The van der Waals surface area contributed by atoms with Crippen molar-refractivity contribution in [2.24, 2.45) is 12.0 Å². The van der Waals surface area contributed by atoms with Gasteiger partial charge < -0.3 is 9.30 Å². The summed E-state index contributed by atoms with van der Waals surface area (Å²) < 4.78 is 8.87. The molecule has 2 aromatic heterocycles. The Kier molecular flexibility index (Phi) is 4.07. The molecule has 1 aromatic carbocycles. The highest BCUT2D eigenvalue weighted by molar-refractivity contribution is 7.16. The Balaban J connectivity index is 2.12. The summed E-state index contributed by atoms with van der Waals surface area (Å²) >= 11 is 1.34. The summed E-state index contributed by atoms with van der Waals surface area (Å²) in [6.07, 6.45) is 1.68. The molecule has 0 atom stereocenters. The van der Waals surface area contributed by atoms with Crippen LogP contribution in [0.1, 0.15) is 10.5 Å². The minimum Gasteiger partial charge on any atom is -0.468 e. The van der Waals surface area contributed by atoms with Gasteiger partial charge in [0.25, 0.3) is 5.91 Å². The quantitative estimate of drug-likeness (QED) is 0.679. The van der Waals surface area contributed by atoms with Crippen LogP contribution in [-0.4, -0.2) is 33.3 Å². The number of hydrogen-bond donors (Lipinski definition) is 0. The molecule has 0 N–H and O–H groups in total. The fourth-order valence-corrected chi connectivity index (χ4v) is 3.15. The van der Waals surface area contributed by atoms with Crippen LogP contribution < -0.4 is 4.80 Å². The number of amides is 1. The Bertz CT molecular complexity index is 951. The average molecular weight is 330 g/mol. The molecule has 0 bridgehead atoms. The molecule has 0 saturated heterocycles. The standard InChI is InChI=1S/C15H14N4O3S/c1-18-8-7-10(17-18)14(21)16-15-19(9-13(20)22-2)11-5-3-4-6-12(11)23-15/h3-8H,9H2,1-2H3. The molecule has 3 aromatic rings. The van der Waals surface area contributed by atoms with Crippen molar-refractivity contribution < 1.29 is 14.3 Å². The number of hydrogen-bond acceptors (Lipinski definition) is 5. The topological polar surface area (TPSA) is 78.5 Å². The molecular weight excluding hydrogens is 316 g/mol. The van der Waals surface area contributed by atoms with Gasteiger partial charge in [-0.25, -0.2) is 0 Å². The fourth-order valence-electron chi connectivity index (χ4n) is 2.13. The first-order chi connectivity index (χ1) is 11.1. The second-order valence-electron chi connectivity index (χ2n) is 4.81. The number of carbonyl (C=O) groups is 2. The predicted molar refractivity (Wildman–Crippen MR) is 84.9 cm³/mol. The third-order valence-electron chi connectivity index (χ3n) is 3.23. The number of rotatable bonds is 3. The summed E-state index contributed by atoms with van der Waals surface area (Å²) in [5, 5.41) is 4.04. The maximum Gasteiger partial charge on any atom is 0.325 e. The highest BCUT2D eigenvalue weighted by atomic mass is 32.1. The van der Waals surface area contributed by atoms with Crippen molar-refractivity contribution in [3.63, 3.8) is 0 Å². The molecule has 118 valence electrons. The number of esters is 1. The van der Waals surface area contributed by atoms with Gasteiger partial charge in [0.05, 0.1) is 17.3 Å². The minimum atomic E-state index is -0.448. The average Bonchev–Trinajstić information content (AvgIpc) is 3.12. The van der Waals surface area contributed by atoms with Crippen LogP contribution in [0.4, 0.5) is 0 Å². The SMILES string of the molecule is COC(=O)Cn1c(=NC(=O)c2ccn(C)n2)sc2ccccc21. The van der Waals surface area contributed by atoms with E-state index in [4.69, 9.17) is 4.74 Å². The van der Waals surface area contributed by atoms with Crippen molar-refractivity contribution in [2.45, 2.75) is 6.54 Å². The lowest BCUT2D eigenvalue weighted by atomic mass is 10.3. The van der Waals surface area contributed by atoms with Crippen molar-refractivity contribution in [2.75, 3.05) is 7.11 Å². The van der Waals surface area contributed by atoms with Crippen LogP contribution >= 0.6 is 11.3 Å². The van der Waals surface area contributed by atoms with Crippen molar-refractivity contribution in [3.8, 4) is 0 Å². The van der Waals surface area contributed by atoms with Crippen LogP contribution in [0.3, 0.4) is 0 Å². The summed E-state index contributed by atoms with van der Waals surface area (Å²) in [6.45, 7) is -0.00511. The van der Waals surface area contributed by atoms with E-state index >= 15 is 0 Å². The highest BCUT2D eigenvalue weighted by Gasteiger charge is 2.13. The van der Waals surface area contributed by atoms with E-state index in [-0.39, 0.29) is 12.2 Å². The third-order valence-corrected chi connectivity index (χ3v) is 4.29. The van der Waals surface area contributed by atoms with Crippen LogP contribution in [0.15, 0.2) is 41.5 Å². The summed E-state index contributed by atoms with van der Waals surface area (Å²) in [5.41, 5.74) is 1.09. The van der Waals surface area contributed by atoms with Gasteiger partial charge in [0.15, 0.2) is 10.5 Å². The number of methoxy groups -OCH3 is 1. The molecule has 1 amide bonds. The Morgan fingerprint density at radius 1 is 1.30 bits per heavy atom. The molecule has 7 nitrogen and oxygen atoms in total. The van der Waals surface area contributed by atoms with E-state index in [0.717, 1.165) is 10.2 Å². The van der Waals surface area contributed by atoms with E-state index < -0.39 is 11.9 Å². The van der Waals surface area contributed by atoms with Crippen molar-refractivity contribution in [1.29, 1.82) is 0 Å². The van der Waals surface area contributed by atoms with E-state index in [0.29, 0.717) is 4.80 Å². The Labute approximate surface area is 135 Å². The summed E-state index contributed by atoms with van der Waals surface area (Å²) in [7, 11) is 3.06. The molecule has 0 aliphatic carbocycles. The van der Waals surface area contributed by atoms with Gasteiger partial charge in [-0.1, -0.05) is 23.5 Å². The first-order valence-corrected chi connectivity index (χ1v) is 7.64. The molecule has 0 saturated carbocycles. The molecule has 0 radical (unpaired) electrons. The second-order valence-corrected chi connectivity index (χ2v) is 5.82. The van der Waals surface area contributed by atoms with Crippen molar-refractivity contribution >= 4 is 33.4 Å². The zero-order valence-electron chi connectivity index (χ0n) is 12.6. The summed E-state index contributed by atoms with van der Waals surface area (Å²) in [6, 6.07) is 9.15. The van der Waals surface area contributed by atoms with Gasteiger partial charge in [0.2, 0.25) is 0 Å². The first kappa shape index (κ1) is 15.2. The van der Waals surface area contributed by atoms with Gasteiger partial charge >= 0.3 is 5.97 Å². The van der Waals surface area contributed by atoms with Gasteiger partial charge in [-0.15, -0.1) is 0 Å². The van der Waals surface area contributed by atoms with Gasteiger partial charge in [-0.2, -0.15) is 10.1 Å². The molecule has 0 aliphatic heterocycles. The fraction of sp³-hybridized carbons (Fsp3) is 0.200. The van der Waals surface area contributed by atoms with E-state index in [1.807, 2.05) is 24.3 Å². The number of ether oxygens (including phenoxy) is 1. The number of thiazole rings is 1. The van der Waals surface area contributed by atoms with Crippen molar-refractivity contribution in [3.05, 3.63) is 47.0 Å². The van der Waals surface area contributed by atoms with Crippen LogP contribution in [-0.2, 0) is 23.1 Å². The van der Waals surface area contributed by atoms with Crippen LogP contribution in [0, 0.1) is 0 Å². The van der Waals surface area contributed by atoms with Crippen LogP contribution in [0.2, 0.25) is 0 Å². The zero-order chi connectivity index (χ0) is 16.4. The number of nitrogens with zero attached hydrogens (tertiary/aromatic N) is 4. The molecule has 0 fully saturated rings. The lowest BCUT2D eigenvalue weighted by Gasteiger charge is -2.03. The summed E-state index contributed by atoms with van der Waals surface area (Å²) in [4.78, 5) is 28.5. The van der Waals surface area contributed by atoms with Crippen LogP contribution in [0.5, 0.6) is 0 Å². The van der Waals surface area contributed by atoms with Gasteiger partial charge in [0, 0.05) is 13.2 Å². The number of aryl methyl sites for hydroxylation is 1. The van der Waals surface area contributed by atoms with E-state index in [2.05, 4.69) is 10.1 Å². The van der Waals surface area contributed by atoms with E-state index in [9.17, 15) is 9.59 Å². The number of fused-ring (bicyclic) bond motifs is 1. The van der Waals surface area contributed by atoms with Gasteiger partial charge in [0.1, 0.15) is 6.54 Å². The molecule has 8 heteroatoms. The lowest BCUT2D eigenvalue weighted by Crippen LogP contribution is -2.22. The Hall–Kier alpha value is -2.74. The van der Waals surface area contributed by atoms with Gasteiger partial charge in [-0.05, 0) is 18.2 Å². The normalized spacial score (nSPS) is 11.8. The smallest absolute Gasteiger partial charge is 0.325 e. The number of aromatic nitrogens is 3. The van der Waals surface area contributed by atoms with Gasteiger partial charge in [-0.3, -0.25) is 14.3 Å². The molecule has 3 rings (SSSR count). The second kappa shape index (κ2) is 6.17. The molecular formula is C15H14N4O3S. The highest BCUT2D eigenvalue weighted by Crippen LogP contribution is 2.16. The Morgan fingerprint density at radius 3 is 2.78 bits per heavy atom. The van der Waals surface area contributed by atoms with Crippen LogP contribution in [0.25, 0.3) is 10.2 Å². The number of para-hydroxylation sites is 1. The first-order valence-electron chi connectivity index (χ1n) is 6.82. The Morgan fingerprint density at radius 2 is 2.09 bits per heavy atom. The van der Waals surface area contributed by atoms with E-state index in [1.165, 1.54) is 23.1 Å². The largest absolute Gasteiger partial charge is 0.468 e. The maximum atomic E-state index is 12.2. The number of carbonyl (C=O) groups excluding carboxylic acids is 2. The minimum absolute atomic E-state index is 0.00511. The molecule has 0 spiro atoms. The monoisotopic (exact) mass is 330 g/mol. The number of benzene rings is 1. The third kappa shape index (κ3) is 3.07. The molecule has 23 heavy (non-hydrogen) atoms. The lowest BCUT2D eigenvalue weighted by molar-refractivity contribution is -0.141. The molecule has 2 heterocycles. The van der Waals surface area contributed by atoms with Crippen molar-refractivity contribution in [1.82, 2.24) is 14.3 Å². The maximum absolute atomic E-state index is 12.2. The zero-order valence-corrected chi connectivity index (χ0v) is 13.4.